The van der Waals surface area contributed by atoms with Crippen molar-refractivity contribution in [2.45, 2.75) is 40.7 Å². The molecule has 2 aromatic rings. The van der Waals surface area contributed by atoms with Gasteiger partial charge in [0.05, 0.1) is 6.10 Å². The molecule has 2 aromatic carbocycles. The summed E-state index contributed by atoms with van der Waals surface area (Å²) in [6.45, 7) is 9.74. The highest BCUT2D eigenvalue weighted by Gasteiger charge is 2.12. The molecule has 3 nitrogen and oxygen atoms in total. The molecule has 0 saturated carbocycles. The molecule has 0 spiro atoms. The first-order valence-corrected chi connectivity index (χ1v) is 8.33. The van der Waals surface area contributed by atoms with Gasteiger partial charge in [0.25, 0.3) is 5.52 Å². The minimum Gasteiger partial charge on any atom is -0.491 e. The molecule has 0 radical (unpaired) electrons. The third-order valence-electron chi connectivity index (χ3n) is 3.09. The van der Waals surface area contributed by atoms with Crippen LogP contribution in [0.25, 0.3) is 0 Å². The van der Waals surface area contributed by atoms with E-state index >= 15 is 0 Å². The molecule has 0 amide bonds. The Balaban J connectivity index is 0.000000238. The number of hydrogen-bond acceptors (Lipinski definition) is 3. The quantitative estimate of drug-likeness (QED) is 0.693. The first kappa shape index (κ1) is 19.1. The molecular weight excluding hydrogens is 307 g/mol. The fourth-order valence-electron chi connectivity index (χ4n) is 2.33. The first-order chi connectivity index (χ1) is 10.8. The van der Waals surface area contributed by atoms with Crippen LogP contribution in [-0.2, 0) is 4.57 Å². The van der Waals surface area contributed by atoms with Crippen molar-refractivity contribution in [2.24, 2.45) is 0 Å². The van der Waals surface area contributed by atoms with E-state index in [1.165, 1.54) is 0 Å². The summed E-state index contributed by atoms with van der Waals surface area (Å²) in [5, 5.41) is 0. The summed E-state index contributed by atoms with van der Waals surface area (Å²) in [7, 11) is -0.434. The van der Waals surface area contributed by atoms with Crippen molar-refractivity contribution in [1.82, 2.24) is 0 Å². The fraction of sp³-hybridized carbons (Fsp3) is 0.316. The van der Waals surface area contributed by atoms with Gasteiger partial charge >= 0.3 is 0 Å². The lowest BCUT2D eigenvalue weighted by Gasteiger charge is -2.07. The third-order valence-corrected chi connectivity index (χ3v) is 3.48. The van der Waals surface area contributed by atoms with E-state index in [2.05, 4.69) is 0 Å². The van der Waals surface area contributed by atoms with Gasteiger partial charge in [0.1, 0.15) is 5.75 Å². The largest absolute Gasteiger partial charge is 0.491 e. The standard InChI is InChI=1S/C10H11O2P.C9H12O/c1-6-4-7(2)9(8(3)5-6)10(11)13-12;1-8(2)10-9-6-4-3-5-7-9/h4-5H,1-3H3;3-8H,1-2H3. The zero-order valence-electron chi connectivity index (χ0n) is 14.3. The lowest BCUT2D eigenvalue weighted by molar-refractivity contribution is 0.108. The molecule has 0 aliphatic rings. The summed E-state index contributed by atoms with van der Waals surface area (Å²) in [6, 6.07) is 13.7. The number of rotatable bonds is 4. The topological polar surface area (TPSA) is 43.4 Å². The molecule has 0 N–H and O–H groups in total. The molecule has 0 aromatic heterocycles. The average molecular weight is 330 g/mol. The van der Waals surface area contributed by atoms with Crippen LogP contribution >= 0.6 is 8.46 Å². The van der Waals surface area contributed by atoms with Crippen LogP contribution in [0.5, 0.6) is 5.75 Å². The van der Waals surface area contributed by atoms with Crippen molar-refractivity contribution < 1.29 is 14.1 Å². The molecule has 4 heteroatoms. The van der Waals surface area contributed by atoms with Gasteiger partial charge < -0.3 is 4.74 Å². The molecule has 0 saturated heterocycles. The van der Waals surface area contributed by atoms with Crippen molar-refractivity contribution in [2.75, 3.05) is 0 Å². The van der Waals surface area contributed by atoms with E-state index in [0.29, 0.717) is 5.56 Å². The van der Waals surface area contributed by atoms with Gasteiger partial charge in [-0.25, -0.2) is 0 Å². The van der Waals surface area contributed by atoms with E-state index in [9.17, 15) is 9.36 Å². The van der Waals surface area contributed by atoms with E-state index in [1.54, 1.807) is 0 Å². The summed E-state index contributed by atoms with van der Waals surface area (Å²) < 4.78 is 15.9. The van der Waals surface area contributed by atoms with Crippen LogP contribution in [0.4, 0.5) is 0 Å². The van der Waals surface area contributed by atoms with E-state index < -0.39 is 8.46 Å². The Morgan fingerprint density at radius 3 is 1.96 bits per heavy atom. The predicted molar refractivity (Wildman–Crippen MR) is 94.8 cm³/mol. The van der Waals surface area contributed by atoms with Crippen LogP contribution in [-0.4, -0.2) is 11.6 Å². The number of para-hydroxylation sites is 1. The normalized spacial score (nSPS) is 10.2. The van der Waals surface area contributed by atoms with Gasteiger partial charge in [-0.1, -0.05) is 35.9 Å². The highest BCUT2D eigenvalue weighted by atomic mass is 31.1. The maximum Gasteiger partial charge on any atom is 0.253 e. The Labute approximate surface area is 139 Å². The minimum absolute atomic E-state index is 0.266. The van der Waals surface area contributed by atoms with E-state index in [-0.39, 0.29) is 11.6 Å². The Kier molecular flexibility index (Phi) is 7.64. The highest BCUT2D eigenvalue weighted by molar-refractivity contribution is 7.47. The molecule has 0 aliphatic heterocycles. The highest BCUT2D eigenvalue weighted by Crippen LogP contribution is 2.20. The van der Waals surface area contributed by atoms with Gasteiger partial charge in [-0.05, 0) is 57.9 Å². The number of ether oxygens (including phenoxy) is 1. The van der Waals surface area contributed by atoms with Crippen LogP contribution in [0.15, 0.2) is 42.5 Å². The lowest BCUT2D eigenvalue weighted by Crippen LogP contribution is -2.04. The maximum atomic E-state index is 11.2. The summed E-state index contributed by atoms with van der Waals surface area (Å²) in [4.78, 5) is 11.2. The molecule has 0 bridgehead atoms. The summed E-state index contributed by atoms with van der Waals surface area (Å²) in [6.07, 6.45) is 0.266. The summed E-state index contributed by atoms with van der Waals surface area (Å²) >= 11 is 0. The zero-order valence-corrected chi connectivity index (χ0v) is 15.2. The summed E-state index contributed by atoms with van der Waals surface area (Å²) in [5.41, 5.74) is 3.16. The number of benzene rings is 2. The Bertz CT molecular complexity index is 641. The van der Waals surface area contributed by atoms with Crippen LogP contribution in [0, 0.1) is 20.8 Å². The van der Waals surface area contributed by atoms with Crippen LogP contribution in [0.1, 0.15) is 40.9 Å². The predicted octanol–water partition coefficient (Wildman–Crippen LogP) is 5.52. The van der Waals surface area contributed by atoms with Gasteiger partial charge in [-0.15, -0.1) is 0 Å². The van der Waals surface area contributed by atoms with Crippen molar-refractivity contribution >= 4 is 14.0 Å². The average Bonchev–Trinajstić information content (AvgIpc) is 2.47. The SMILES string of the molecule is CC(C)Oc1ccccc1.Cc1cc(C)c(C(=O)P=O)c(C)c1. The molecule has 0 heterocycles. The molecule has 0 unspecified atom stereocenters. The summed E-state index contributed by atoms with van der Waals surface area (Å²) in [5.74, 6) is 0.942. The lowest BCUT2D eigenvalue weighted by atomic mass is 10.0. The Hall–Kier alpha value is -1.99. The van der Waals surface area contributed by atoms with Crippen molar-refractivity contribution in [1.29, 1.82) is 0 Å². The van der Waals surface area contributed by atoms with Crippen LogP contribution in [0.3, 0.4) is 0 Å². The van der Waals surface area contributed by atoms with Gasteiger partial charge in [-0.2, -0.15) is 0 Å². The molecule has 0 fully saturated rings. The Morgan fingerprint density at radius 1 is 1.00 bits per heavy atom. The number of hydrogen-bond donors (Lipinski definition) is 0. The van der Waals surface area contributed by atoms with Crippen molar-refractivity contribution in [3.63, 3.8) is 0 Å². The second kappa shape index (κ2) is 9.22. The number of aryl methyl sites for hydroxylation is 3. The maximum absolute atomic E-state index is 11.2. The van der Waals surface area contributed by atoms with Gasteiger partial charge in [0, 0.05) is 5.56 Å². The molecule has 0 atom stereocenters. The van der Waals surface area contributed by atoms with Crippen LogP contribution < -0.4 is 4.74 Å². The van der Waals surface area contributed by atoms with E-state index in [0.717, 1.165) is 22.4 Å². The molecule has 2 rings (SSSR count). The van der Waals surface area contributed by atoms with Crippen molar-refractivity contribution in [3.8, 4) is 5.75 Å². The van der Waals surface area contributed by atoms with E-state index in [4.69, 9.17) is 4.74 Å². The van der Waals surface area contributed by atoms with Gasteiger partial charge in [0.2, 0.25) is 8.46 Å². The van der Waals surface area contributed by atoms with E-state index in [1.807, 2.05) is 77.1 Å². The monoisotopic (exact) mass is 330 g/mol. The molecule has 23 heavy (non-hydrogen) atoms. The fourth-order valence-corrected chi connectivity index (χ4v) is 2.78. The van der Waals surface area contributed by atoms with Gasteiger partial charge in [0.15, 0.2) is 0 Å². The number of carbonyl (C=O) groups excluding carboxylic acids is 1. The molecular formula is C19H23O3P. The second-order valence-electron chi connectivity index (χ2n) is 5.65. The number of carbonyl (C=O) groups is 1. The minimum atomic E-state index is -0.434. The zero-order chi connectivity index (χ0) is 17.4. The second-order valence-corrected chi connectivity index (χ2v) is 6.24. The smallest absolute Gasteiger partial charge is 0.253 e. The third kappa shape index (κ3) is 6.33. The first-order valence-electron chi connectivity index (χ1n) is 7.52. The van der Waals surface area contributed by atoms with Gasteiger partial charge in [-0.3, -0.25) is 9.36 Å². The van der Waals surface area contributed by atoms with Crippen LogP contribution in [0.2, 0.25) is 0 Å². The molecule has 122 valence electrons. The van der Waals surface area contributed by atoms with Crippen molar-refractivity contribution in [3.05, 3.63) is 64.7 Å². The Morgan fingerprint density at radius 2 is 1.52 bits per heavy atom. The molecule has 0 aliphatic carbocycles.